The van der Waals surface area contributed by atoms with Gasteiger partial charge in [0, 0.05) is 19.1 Å². The lowest BCUT2D eigenvalue weighted by Crippen LogP contribution is -2.36. The fourth-order valence-corrected chi connectivity index (χ4v) is 3.84. The number of piperidine rings is 1. The van der Waals surface area contributed by atoms with Crippen LogP contribution in [0.1, 0.15) is 30.3 Å². The molecule has 2 aromatic carbocycles. The Labute approximate surface area is 142 Å². The Kier molecular flexibility index (Phi) is 4.32. The number of aliphatic hydroxyl groups excluding tert-OH is 1. The van der Waals surface area contributed by atoms with Gasteiger partial charge in [-0.1, -0.05) is 42.5 Å². The van der Waals surface area contributed by atoms with E-state index in [1.54, 1.807) is 0 Å². The molecule has 0 spiro atoms. The molecule has 0 unspecified atom stereocenters. The Bertz CT molecular complexity index is 812. The predicted molar refractivity (Wildman–Crippen MR) is 95.6 cm³/mol. The summed E-state index contributed by atoms with van der Waals surface area (Å²) in [7, 11) is 0. The van der Waals surface area contributed by atoms with Crippen LogP contribution < -0.4 is 0 Å². The molecule has 1 aromatic heterocycles. The maximum atomic E-state index is 9.75. The fourth-order valence-electron chi connectivity index (χ4n) is 3.84. The van der Waals surface area contributed by atoms with Crippen LogP contribution in [-0.2, 0) is 13.2 Å². The van der Waals surface area contributed by atoms with Crippen molar-refractivity contribution >= 4 is 11.0 Å². The summed E-state index contributed by atoms with van der Waals surface area (Å²) in [5, 5.41) is 9.75. The van der Waals surface area contributed by atoms with Crippen molar-refractivity contribution < 1.29 is 5.11 Å². The van der Waals surface area contributed by atoms with Gasteiger partial charge >= 0.3 is 0 Å². The molecule has 0 aliphatic carbocycles. The molecule has 124 valence electrons. The van der Waals surface area contributed by atoms with Gasteiger partial charge in [0.1, 0.15) is 12.4 Å². The molecule has 0 saturated carbocycles. The van der Waals surface area contributed by atoms with Gasteiger partial charge in [-0.15, -0.1) is 0 Å². The highest BCUT2D eigenvalue weighted by Crippen LogP contribution is 2.28. The monoisotopic (exact) mass is 321 g/mol. The van der Waals surface area contributed by atoms with Crippen LogP contribution in [0.25, 0.3) is 11.0 Å². The summed E-state index contributed by atoms with van der Waals surface area (Å²) in [5.74, 6) is 0.780. The molecule has 24 heavy (non-hydrogen) atoms. The number of imidazole rings is 1. The van der Waals surface area contributed by atoms with E-state index in [9.17, 15) is 5.11 Å². The maximum Gasteiger partial charge on any atom is 0.136 e. The van der Waals surface area contributed by atoms with Crippen molar-refractivity contribution in [3.63, 3.8) is 0 Å². The fraction of sp³-hybridized carbons (Fsp3) is 0.350. The van der Waals surface area contributed by atoms with Gasteiger partial charge in [0.05, 0.1) is 11.0 Å². The minimum Gasteiger partial charge on any atom is -0.388 e. The van der Waals surface area contributed by atoms with E-state index in [4.69, 9.17) is 0 Å². The summed E-state index contributed by atoms with van der Waals surface area (Å²) >= 11 is 0. The van der Waals surface area contributed by atoms with E-state index in [0.29, 0.717) is 6.04 Å². The minimum atomic E-state index is -0.0101. The standard InChI is InChI=1S/C20H23N3O/c24-15-20-21-18-10-4-5-11-19(18)23(20)17-9-6-12-22(14-17)13-16-7-2-1-3-8-16/h1-5,7-8,10-11,17,24H,6,9,12-15H2/t17-/m1/s1. The molecule has 1 aliphatic rings. The zero-order chi connectivity index (χ0) is 16.4. The van der Waals surface area contributed by atoms with Crippen molar-refractivity contribution in [2.45, 2.75) is 32.0 Å². The number of para-hydroxylation sites is 2. The first-order chi connectivity index (χ1) is 11.8. The SMILES string of the molecule is OCc1nc2ccccc2n1[C@@H]1CCCN(Cc2ccccc2)C1. The second-order valence-corrected chi connectivity index (χ2v) is 6.56. The number of benzene rings is 2. The Morgan fingerprint density at radius 3 is 2.67 bits per heavy atom. The van der Waals surface area contributed by atoms with E-state index in [1.165, 1.54) is 12.0 Å². The number of fused-ring (bicyclic) bond motifs is 1. The average Bonchev–Trinajstić information content (AvgIpc) is 3.01. The van der Waals surface area contributed by atoms with Crippen molar-refractivity contribution in [2.75, 3.05) is 13.1 Å². The number of aromatic nitrogens is 2. The van der Waals surface area contributed by atoms with Gasteiger partial charge in [-0.25, -0.2) is 4.98 Å². The largest absolute Gasteiger partial charge is 0.388 e. The Morgan fingerprint density at radius 1 is 1.04 bits per heavy atom. The summed E-state index contributed by atoms with van der Waals surface area (Å²) in [4.78, 5) is 7.12. The minimum absolute atomic E-state index is 0.0101. The van der Waals surface area contributed by atoms with Gasteiger partial charge in [0.2, 0.25) is 0 Å². The van der Waals surface area contributed by atoms with E-state index >= 15 is 0 Å². The van der Waals surface area contributed by atoms with Crippen molar-refractivity contribution in [2.24, 2.45) is 0 Å². The van der Waals surface area contributed by atoms with Crippen molar-refractivity contribution in [3.05, 3.63) is 66.0 Å². The van der Waals surface area contributed by atoms with Crippen molar-refractivity contribution in [3.8, 4) is 0 Å². The summed E-state index contributed by atoms with van der Waals surface area (Å²) < 4.78 is 2.26. The zero-order valence-corrected chi connectivity index (χ0v) is 13.8. The molecule has 2 heterocycles. The molecular weight excluding hydrogens is 298 g/mol. The summed E-state index contributed by atoms with van der Waals surface area (Å²) in [6.45, 7) is 3.11. The molecule has 4 heteroatoms. The highest BCUT2D eigenvalue weighted by molar-refractivity contribution is 5.76. The molecule has 1 atom stereocenters. The first kappa shape index (κ1) is 15.4. The maximum absolute atomic E-state index is 9.75. The van der Waals surface area contributed by atoms with Gasteiger partial charge < -0.3 is 9.67 Å². The highest BCUT2D eigenvalue weighted by Gasteiger charge is 2.24. The van der Waals surface area contributed by atoms with Crippen LogP contribution in [0.4, 0.5) is 0 Å². The smallest absolute Gasteiger partial charge is 0.136 e. The van der Waals surface area contributed by atoms with Gasteiger partial charge in [0.25, 0.3) is 0 Å². The lowest BCUT2D eigenvalue weighted by atomic mass is 10.0. The van der Waals surface area contributed by atoms with E-state index in [2.05, 4.69) is 50.8 Å². The first-order valence-corrected chi connectivity index (χ1v) is 8.68. The number of nitrogens with zero attached hydrogens (tertiary/aromatic N) is 3. The molecule has 1 aliphatic heterocycles. The van der Waals surface area contributed by atoms with Crippen LogP contribution in [0.2, 0.25) is 0 Å². The molecule has 3 aromatic rings. The van der Waals surface area contributed by atoms with Crippen LogP contribution in [0, 0.1) is 0 Å². The predicted octanol–water partition coefficient (Wildman–Crippen LogP) is 3.37. The molecule has 4 nitrogen and oxygen atoms in total. The van der Waals surface area contributed by atoms with E-state index in [-0.39, 0.29) is 6.61 Å². The molecule has 0 bridgehead atoms. The van der Waals surface area contributed by atoms with Crippen molar-refractivity contribution in [1.82, 2.24) is 14.5 Å². The third-order valence-electron chi connectivity index (χ3n) is 4.91. The number of rotatable bonds is 4. The van der Waals surface area contributed by atoms with Gasteiger partial charge in [0.15, 0.2) is 0 Å². The lowest BCUT2D eigenvalue weighted by molar-refractivity contribution is 0.165. The average molecular weight is 321 g/mol. The molecule has 1 N–H and O–H groups in total. The first-order valence-electron chi connectivity index (χ1n) is 8.68. The lowest BCUT2D eigenvalue weighted by Gasteiger charge is -2.34. The number of aliphatic hydroxyl groups is 1. The number of hydrogen-bond donors (Lipinski definition) is 1. The Morgan fingerprint density at radius 2 is 1.83 bits per heavy atom. The van der Waals surface area contributed by atoms with Gasteiger partial charge in [-0.05, 0) is 37.1 Å². The third-order valence-corrected chi connectivity index (χ3v) is 4.91. The summed E-state index contributed by atoms with van der Waals surface area (Å²) in [6, 6.07) is 19.2. The topological polar surface area (TPSA) is 41.3 Å². The Hall–Kier alpha value is -2.17. The second kappa shape index (κ2) is 6.75. The van der Waals surface area contributed by atoms with Gasteiger partial charge in [-0.3, -0.25) is 4.90 Å². The molecule has 0 amide bonds. The second-order valence-electron chi connectivity index (χ2n) is 6.56. The van der Waals surface area contributed by atoms with Crippen LogP contribution >= 0.6 is 0 Å². The summed E-state index contributed by atoms with van der Waals surface area (Å²) in [5.41, 5.74) is 3.46. The Balaban J connectivity index is 1.60. The van der Waals surface area contributed by atoms with Gasteiger partial charge in [-0.2, -0.15) is 0 Å². The van der Waals surface area contributed by atoms with Crippen LogP contribution in [0.3, 0.4) is 0 Å². The third kappa shape index (κ3) is 2.95. The number of hydrogen-bond acceptors (Lipinski definition) is 3. The van der Waals surface area contributed by atoms with Crippen LogP contribution in [-0.4, -0.2) is 32.6 Å². The zero-order valence-electron chi connectivity index (χ0n) is 13.8. The number of likely N-dealkylation sites (tertiary alicyclic amines) is 1. The van der Waals surface area contributed by atoms with E-state index in [1.807, 2.05) is 18.2 Å². The normalized spacial score (nSPS) is 19.0. The summed E-state index contributed by atoms with van der Waals surface area (Å²) in [6.07, 6.45) is 2.31. The van der Waals surface area contributed by atoms with E-state index < -0.39 is 0 Å². The van der Waals surface area contributed by atoms with Crippen LogP contribution in [0.5, 0.6) is 0 Å². The molecular formula is C20H23N3O. The van der Waals surface area contributed by atoms with Crippen LogP contribution in [0.15, 0.2) is 54.6 Å². The quantitative estimate of drug-likeness (QED) is 0.801. The molecule has 0 radical (unpaired) electrons. The molecule has 1 saturated heterocycles. The van der Waals surface area contributed by atoms with E-state index in [0.717, 1.165) is 42.9 Å². The molecule has 4 rings (SSSR count). The highest BCUT2D eigenvalue weighted by atomic mass is 16.3. The van der Waals surface area contributed by atoms with Crippen molar-refractivity contribution in [1.29, 1.82) is 0 Å². The molecule has 1 fully saturated rings.